The van der Waals surface area contributed by atoms with Gasteiger partial charge in [0.25, 0.3) is 0 Å². The van der Waals surface area contributed by atoms with Crippen molar-refractivity contribution in [1.82, 2.24) is 14.8 Å². The number of benzene rings is 1. The number of halogens is 2. The molecule has 114 valence electrons. The fraction of sp³-hybridized carbons (Fsp3) is 0.400. The maximum atomic E-state index is 9.36. The summed E-state index contributed by atoms with van der Waals surface area (Å²) >= 11 is 9.74. The van der Waals surface area contributed by atoms with Gasteiger partial charge in [-0.05, 0) is 25.0 Å². The third-order valence-corrected chi connectivity index (χ3v) is 4.82. The largest absolute Gasteiger partial charge is 0.369 e. The molecule has 3 rings (SSSR count). The number of rotatable bonds is 2. The molecule has 1 aromatic carbocycles. The Morgan fingerprint density at radius 3 is 2.68 bits per heavy atom. The summed E-state index contributed by atoms with van der Waals surface area (Å²) < 4.78 is 2.81. The quantitative estimate of drug-likeness (QED) is 0.800. The molecule has 0 amide bonds. The maximum Gasteiger partial charge on any atom is 0.135 e. The molecule has 1 aliphatic heterocycles. The van der Waals surface area contributed by atoms with Crippen LogP contribution in [0, 0.1) is 11.3 Å². The van der Waals surface area contributed by atoms with E-state index in [0.717, 1.165) is 41.9 Å². The van der Waals surface area contributed by atoms with Gasteiger partial charge < -0.3 is 9.47 Å². The monoisotopic (exact) mass is 379 g/mol. The number of piperidine rings is 1. The number of nitriles is 1. The zero-order chi connectivity index (χ0) is 15.7. The fourth-order valence-electron chi connectivity index (χ4n) is 3.00. The van der Waals surface area contributed by atoms with Crippen LogP contribution in [0.25, 0.3) is 0 Å². The molecule has 5 nitrogen and oxygen atoms in total. The molecule has 2 aromatic rings. The molecule has 2 heterocycles. The van der Waals surface area contributed by atoms with Gasteiger partial charge in [-0.25, -0.2) is 0 Å². The number of aromatic nitrogens is 3. The Bertz CT molecular complexity index is 728. The van der Waals surface area contributed by atoms with Crippen LogP contribution in [0.4, 0.5) is 5.69 Å². The first-order chi connectivity index (χ1) is 10.6. The molecule has 0 unspecified atom stereocenters. The van der Waals surface area contributed by atoms with Crippen molar-refractivity contribution in [2.45, 2.75) is 18.8 Å². The molecule has 0 aliphatic carbocycles. The van der Waals surface area contributed by atoms with Crippen LogP contribution >= 0.6 is 27.5 Å². The molecule has 1 saturated heterocycles. The van der Waals surface area contributed by atoms with E-state index in [1.807, 2.05) is 23.7 Å². The van der Waals surface area contributed by atoms with Crippen molar-refractivity contribution in [2.24, 2.45) is 7.05 Å². The summed E-state index contributed by atoms with van der Waals surface area (Å²) in [6.45, 7) is 1.71. The number of anilines is 1. The summed E-state index contributed by atoms with van der Waals surface area (Å²) in [4.78, 5) is 2.19. The smallest absolute Gasteiger partial charge is 0.135 e. The first kappa shape index (κ1) is 15.3. The third-order valence-electron chi connectivity index (χ3n) is 4.07. The van der Waals surface area contributed by atoms with Crippen LogP contribution in [0.15, 0.2) is 22.9 Å². The first-order valence-electron chi connectivity index (χ1n) is 7.08. The van der Waals surface area contributed by atoms with Gasteiger partial charge in [-0.1, -0.05) is 27.5 Å². The summed E-state index contributed by atoms with van der Waals surface area (Å²) in [5.74, 6) is 1.44. The highest BCUT2D eigenvalue weighted by Gasteiger charge is 2.26. The van der Waals surface area contributed by atoms with E-state index in [1.54, 1.807) is 6.33 Å². The Morgan fingerprint density at radius 2 is 2.09 bits per heavy atom. The standard InChI is InChI=1S/C15H15BrClN5/c1-21-9-19-20-15(21)10-2-4-22(5-3-10)14-11(8-18)6-12(16)7-13(14)17/h6-7,9-10H,2-5H2,1H3. The van der Waals surface area contributed by atoms with Gasteiger partial charge in [-0.2, -0.15) is 5.26 Å². The van der Waals surface area contributed by atoms with Crippen LogP contribution in [0.5, 0.6) is 0 Å². The molecule has 1 aliphatic rings. The molecule has 0 bridgehead atoms. The number of aryl methyl sites for hydroxylation is 1. The molecule has 22 heavy (non-hydrogen) atoms. The van der Waals surface area contributed by atoms with Crippen molar-refractivity contribution in [2.75, 3.05) is 18.0 Å². The van der Waals surface area contributed by atoms with Crippen molar-refractivity contribution in [3.8, 4) is 6.07 Å². The predicted octanol–water partition coefficient (Wildman–Crippen LogP) is 3.49. The summed E-state index contributed by atoms with van der Waals surface area (Å²) in [6.07, 6.45) is 3.69. The highest BCUT2D eigenvalue weighted by molar-refractivity contribution is 9.10. The zero-order valence-electron chi connectivity index (χ0n) is 12.1. The van der Waals surface area contributed by atoms with Gasteiger partial charge in [0.2, 0.25) is 0 Å². The second kappa shape index (κ2) is 6.27. The lowest BCUT2D eigenvalue weighted by molar-refractivity contribution is 0.474. The lowest BCUT2D eigenvalue weighted by atomic mass is 9.95. The summed E-state index contributed by atoms with van der Waals surface area (Å²) in [5, 5.41) is 18.1. The second-order valence-corrected chi connectivity index (χ2v) is 6.78. The number of hydrogen-bond donors (Lipinski definition) is 0. The average Bonchev–Trinajstić information content (AvgIpc) is 2.93. The summed E-state index contributed by atoms with van der Waals surface area (Å²) in [6, 6.07) is 5.90. The molecule has 7 heteroatoms. The SMILES string of the molecule is Cn1cnnc1C1CCN(c2c(Cl)cc(Br)cc2C#N)CC1. The van der Waals surface area contributed by atoms with Crippen molar-refractivity contribution < 1.29 is 0 Å². The van der Waals surface area contributed by atoms with Crippen molar-refractivity contribution >= 4 is 33.2 Å². The van der Waals surface area contributed by atoms with Crippen molar-refractivity contribution in [1.29, 1.82) is 5.26 Å². The van der Waals surface area contributed by atoms with Crippen LogP contribution in [0.1, 0.15) is 30.1 Å². The van der Waals surface area contributed by atoms with Gasteiger partial charge in [-0.3, -0.25) is 0 Å². The maximum absolute atomic E-state index is 9.36. The lowest BCUT2D eigenvalue weighted by Crippen LogP contribution is -2.34. The molecule has 0 spiro atoms. The van der Waals surface area contributed by atoms with Crippen LogP contribution in [-0.2, 0) is 7.05 Å². The van der Waals surface area contributed by atoms with Crippen molar-refractivity contribution in [3.05, 3.63) is 39.3 Å². The zero-order valence-corrected chi connectivity index (χ0v) is 14.5. The predicted molar refractivity (Wildman–Crippen MR) is 89.1 cm³/mol. The molecular weight excluding hydrogens is 366 g/mol. The molecule has 0 atom stereocenters. The number of hydrogen-bond acceptors (Lipinski definition) is 4. The van der Waals surface area contributed by atoms with Crippen LogP contribution in [-0.4, -0.2) is 27.9 Å². The summed E-state index contributed by atoms with van der Waals surface area (Å²) in [7, 11) is 1.97. The lowest BCUT2D eigenvalue weighted by Gasteiger charge is -2.34. The molecule has 0 radical (unpaired) electrons. The normalized spacial score (nSPS) is 15.8. The van der Waals surface area contributed by atoms with E-state index in [9.17, 15) is 5.26 Å². The van der Waals surface area contributed by atoms with E-state index in [1.165, 1.54) is 0 Å². The Balaban J connectivity index is 1.80. The second-order valence-electron chi connectivity index (χ2n) is 5.46. The summed E-state index contributed by atoms with van der Waals surface area (Å²) in [5.41, 5.74) is 1.44. The third kappa shape index (κ3) is 2.83. The average molecular weight is 381 g/mol. The van der Waals surface area contributed by atoms with Crippen LogP contribution < -0.4 is 4.90 Å². The molecule has 1 aromatic heterocycles. The molecule has 1 fully saturated rings. The van der Waals surface area contributed by atoms with E-state index in [4.69, 9.17) is 11.6 Å². The Morgan fingerprint density at radius 1 is 1.36 bits per heavy atom. The van der Waals surface area contributed by atoms with E-state index < -0.39 is 0 Å². The first-order valence-corrected chi connectivity index (χ1v) is 8.25. The molecule has 0 N–H and O–H groups in total. The minimum atomic E-state index is 0.406. The minimum Gasteiger partial charge on any atom is -0.369 e. The minimum absolute atomic E-state index is 0.406. The van der Waals surface area contributed by atoms with Gasteiger partial charge >= 0.3 is 0 Å². The van der Waals surface area contributed by atoms with Gasteiger partial charge in [0.15, 0.2) is 0 Å². The van der Waals surface area contributed by atoms with Gasteiger partial charge in [-0.15, -0.1) is 10.2 Å². The Hall–Kier alpha value is -1.58. The van der Waals surface area contributed by atoms with E-state index in [-0.39, 0.29) is 0 Å². The molecular formula is C15H15BrClN5. The number of nitrogens with zero attached hydrogens (tertiary/aromatic N) is 5. The highest BCUT2D eigenvalue weighted by Crippen LogP contribution is 2.36. The topological polar surface area (TPSA) is 57.7 Å². The van der Waals surface area contributed by atoms with Gasteiger partial charge in [0.1, 0.15) is 18.2 Å². The van der Waals surface area contributed by atoms with E-state index >= 15 is 0 Å². The fourth-order valence-corrected chi connectivity index (χ4v) is 3.92. The van der Waals surface area contributed by atoms with Gasteiger partial charge in [0.05, 0.1) is 16.3 Å². The Kier molecular flexibility index (Phi) is 4.37. The van der Waals surface area contributed by atoms with Crippen LogP contribution in [0.3, 0.4) is 0 Å². The van der Waals surface area contributed by atoms with Crippen LogP contribution in [0.2, 0.25) is 5.02 Å². The van der Waals surface area contributed by atoms with E-state index in [0.29, 0.717) is 16.5 Å². The van der Waals surface area contributed by atoms with E-state index in [2.05, 4.69) is 37.1 Å². The Labute approximate surface area is 142 Å². The van der Waals surface area contributed by atoms with Crippen molar-refractivity contribution in [3.63, 3.8) is 0 Å². The highest BCUT2D eigenvalue weighted by atomic mass is 79.9. The van der Waals surface area contributed by atoms with Gasteiger partial charge in [0, 0.05) is 30.5 Å². The molecule has 0 saturated carbocycles.